The highest BCUT2D eigenvalue weighted by atomic mass is 16.5. The van der Waals surface area contributed by atoms with Crippen LogP contribution in [0.15, 0.2) is 23.0 Å². The predicted octanol–water partition coefficient (Wildman–Crippen LogP) is 1.18. The Labute approximate surface area is 146 Å². The maximum atomic E-state index is 12.4. The van der Waals surface area contributed by atoms with Crippen molar-refractivity contribution in [3.8, 4) is 11.6 Å². The zero-order chi connectivity index (χ0) is 17.2. The van der Waals surface area contributed by atoms with E-state index in [2.05, 4.69) is 31.9 Å². The van der Waals surface area contributed by atoms with Crippen LogP contribution in [0.2, 0.25) is 0 Å². The highest BCUT2D eigenvalue weighted by Gasteiger charge is 2.35. The maximum Gasteiger partial charge on any atom is 0.240 e. The predicted molar refractivity (Wildman–Crippen MR) is 89.5 cm³/mol. The molecule has 0 aliphatic carbocycles. The lowest BCUT2D eigenvalue weighted by Gasteiger charge is -2.38. The van der Waals surface area contributed by atoms with Crippen molar-refractivity contribution < 1.29 is 9.32 Å². The van der Waals surface area contributed by atoms with Gasteiger partial charge in [-0.1, -0.05) is 12.1 Å². The van der Waals surface area contributed by atoms with E-state index in [-0.39, 0.29) is 11.8 Å². The Balaban J connectivity index is 1.28. The molecular weight excluding hydrogens is 320 g/mol. The minimum Gasteiger partial charge on any atom is -0.342 e. The van der Waals surface area contributed by atoms with E-state index in [0.29, 0.717) is 24.1 Å². The summed E-state index contributed by atoms with van der Waals surface area (Å²) in [6.45, 7) is 6.05. The quantitative estimate of drug-likeness (QED) is 0.824. The van der Waals surface area contributed by atoms with Gasteiger partial charge in [-0.2, -0.15) is 4.98 Å². The van der Waals surface area contributed by atoms with Crippen LogP contribution in [0.25, 0.3) is 11.6 Å². The lowest BCUT2D eigenvalue weighted by atomic mass is 9.98. The first-order valence-electron chi connectivity index (χ1n) is 8.80. The summed E-state index contributed by atoms with van der Waals surface area (Å²) < 4.78 is 5.34. The number of nitrogens with zero attached hydrogens (tertiary/aromatic N) is 6. The van der Waals surface area contributed by atoms with Gasteiger partial charge in [0.05, 0.1) is 12.5 Å². The smallest absolute Gasteiger partial charge is 0.240 e. The second-order valence-corrected chi connectivity index (χ2v) is 6.98. The minimum absolute atomic E-state index is 0.180. The van der Waals surface area contributed by atoms with Gasteiger partial charge in [0, 0.05) is 38.6 Å². The molecule has 0 radical (unpaired) electrons. The number of piperidine rings is 1. The molecule has 0 saturated carbocycles. The second-order valence-electron chi connectivity index (χ2n) is 6.98. The number of likely N-dealkylation sites (tertiary alicyclic amines) is 2. The summed E-state index contributed by atoms with van der Waals surface area (Å²) in [7, 11) is 0. The molecule has 132 valence electrons. The fourth-order valence-electron chi connectivity index (χ4n) is 3.31. The lowest BCUT2D eigenvalue weighted by Crippen LogP contribution is -2.51. The molecule has 2 aliphatic rings. The first kappa shape index (κ1) is 16.1. The van der Waals surface area contributed by atoms with E-state index >= 15 is 0 Å². The zero-order valence-electron chi connectivity index (χ0n) is 14.3. The van der Waals surface area contributed by atoms with E-state index < -0.39 is 0 Å². The molecule has 2 aromatic rings. The van der Waals surface area contributed by atoms with Crippen molar-refractivity contribution in [1.29, 1.82) is 0 Å². The van der Waals surface area contributed by atoms with Crippen molar-refractivity contribution in [3.05, 3.63) is 24.4 Å². The Kier molecular flexibility index (Phi) is 4.44. The van der Waals surface area contributed by atoms with E-state index in [9.17, 15) is 4.79 Å². The Morgan fingerprint density at radius 3 is 2.64 bits per heavy atom. The Morgan fingerprint density at radius 2 is 1.92 bits per heavy atom. The molecule has 0 N–H and O–H groups in total. The molecule has 4 rings (SSSR count). The molecule has 2 saturated heterocycles. The molecule has 8 nitrogen and oxygen atoms in total. The molecule has 8 heteroatoms. The monoisotopic (exact) mass is 342 g/mol. The van der Waals surface area contributed by atoms with Gasteiger partial charge >= 0.3 is 0 Å². The van der Waals surface area contributed by atoms with Crippen LogP contribution in [0.3, 0.4) is 0 Å². The van der Waals surface area contributed by atoms with Gasteiger partial charge in [-0.3, -0.25) is 9.69 Å². The van der Waals surface area contributed by atoms with Gasteiger partial charge in [0.2, 0.25) is 23.4 Å². The first-order chi connectivity index (χ1) is 12.2. The van der Waals surface area contributed by atoms with Crippen molar-refractivity contribution >= 4 is 5.91 Å². The van der Waals surface area contributed by atoms with Crippen molar-refractivity contribution in [2.75, 3.05) is 32.7 Å². The zero-order valence-corrected chi connectivity index (χ0v) is 14.3. The van der Waals surface area contributed by atoms with Crippen LogP contribution in [0.1, 0.15) is 31.6 Å². The molecule has 2 aliphatic heterocycles. The molecule has 4 heterocycles. The standard InChI is InChI=1S/C17H22N6O2/c1-12-3-7-23(8-4-12)14(24)11-22-9-13(10-22)17-20-16(21-25-17)15-18-5-2-6-19-15/h2,5-6,12-13H,3-4,7-11H2,1H3. The fraction of sp³-hybridized carbons (Fsp3) is 0.588. The third kappa shape index (κ3) is 3.53. The third-order valence-corrected chi connectivity index (χ3v) is 5.01. The average molecular weight is 342 g/mol. The molecule has 1 amide bonds. The normalized spacial score (nSPS) is 19.8. The molecule has 0 atom stereocenters. The van der Waals surface area contributed by atoms with Crippen molar-refractivity contribution in [1.82, 2.24) is 29.9 Å². The SMILES string of the molecule is CC1CCN(C(=O)CN2CC(c3nc(-c4ncccn4)no3)C2)CC1. The summed E-state index contributed by atoms with van der Waals surface area (Å²) in [5.74, 6) is 2.61. The molecule has 0 spiro atoms. The topological polar surface area (TPSA) is 88.3 Å². The van der Waals surface area contributed by atoms with Crippen LogP contribution in [0, 0.1) is 5.92 Å². The van der Waals surface area contributed by atoms with Gasteiger partial charge in [-0.05, 0) is 24.8 Å². The van der Waals surface area contributed by atoms with E-state index in [4.69, 9.17) is 4.52 Å². The molecule has 0 bridgehead atoms. The van der Waals surface area contributed by atoms with Gasteiger partial charge in [0.15, 0.2) is 0 Å². The summed E-state index contributed by atoms with van der Waals surface area (Å²) in [4.78, 5) is 29.1. The number of rotatable bonds is 4. The summed E-state index contributed by atoms with van der Waals surface area (Å²) in [5, 5.41) is 3.95. The number of hydrogen-bond acceptors (Lipinski definition) is 7. The number of carbonyl (C=O) groups excluding carboxylic acids is 1. The highest BCUT2D eigenvalue weighted by molar-refractivity contribution is 5.78. The summed E-state index contributed by atoms with van der Waals surface area (Å²) in [5.41, 5.74) is 0. The number of carbonyl (C=O) groups is 1. The van der Waals surface area contributed by atoms with Gasteiger partial charge in [0.25, 0.3) is 0 Å². The highest BCUT2D eigenvalue weighted by Crippen LogP contribution is 2.27. The van der Waals surface area contributed by atoms with Gasteiger partial charge in [0.1, 0.15) is 0 Å². The second kappa shape index (κ2) is 6.87. The Morgan fingerprint density at radius 1 is 1.20 bits per heavy atom. The van der Waals surface area contributed by atoms with Crippen LogP contribution >= 0.6 is 0 Å². The molecule has 25 heavy (non-hydrogen) atoms. The van der Waals surface area contributed by atoms with Gasteiger partial charge < -0.3 is 9.42 Å². The number of hydrogen-bond donors (Lipinski definition) is 0. The van der Waals surface area contributed by atoms with Crippen LogP contribution in [0.4, 0.5) is 0 Å². The van der Waals surface area contributed by atoms with Gasteiger partial charge in [-0.25, -0.2) is 9.97 Å². The third-order valence-electron chi connectivity index (χ3n) is 5.01. The Bertz CT molecular complexity index is 720. The Hall–Kier alpha value is -2.35. The molecular formula is C17H22N6O2. The van der Waals surface area contributed by atoms with Crippen molar-refractivity contribution in [2.45, 2.75) is 25.7 Å². The van der Waals surface area contributed by atoms with E-state index in [1.807, 2.05) is 4.90 Å². The first-order valence-corrected chi connectivity index (χ1v) is 8.80. The van der Waals surface area contributed by atoms with Gasteiger partial charge in [-0.15, -0.1) is 0 Å². The molecule has 2 aromatic heterocycles. The molecule has 2 fully saturated rings. The average Bonchev–Trinajstić information content (AvgIpc) is 3.08. The fourth-order valence-corrected chi connectivity index (χ4v) is 3.31. The lowest BCUT2D eigenvalue weighted by molar-refractivity contribution is -0.135. The summed E-state index contributed by atoms with van der Waals surface area (Å²) in [6.07, 6.45) is 5.52. The maximum absolute atomic E-state index is 12.4. The summed E-state index contributed by atoms with van der Waals surface area (Å²) in [6, 6.07) is 1.74. The molecule has 0 unspecified atom stereocenters. The van der Waals surface area contributed by atoms with Crippen LogP contribution in [0.5, 0.6) is 0 Å². The largest absolute Gasteiger partial charge is 0.342 e. The van der Waals surface area contributed by atoms with Crippen LogP contribution < -0.4 is 0 Å². The number of amides is 1. The number of aromatic nitrogens is 4. The minimum atomic E-state index is 0.180. The van der Waals surface area contributed by atoms with E-state index in [1.54, 1.807) is 18.5 Å². The van der Waals surface area contributed by atoms with Crippen molar-refractivity contribution in [3.63, 3.8) is 0 Å². The molecule has 0 aromatic carbocycles. The van der Waals surface area contributed by atoms with Crippen LogP contribution in [-0.2, 0) is 4.79 Å². The van der Waals surface area contributed by atoms with Crippen LogP contribution in [-0.4, -0.2) is 68.5 Å². The van der Waals surface area contributed by atoms with Crippen molar-refractivity contribution in [2.24, 2.45) is 5.92 Å². The van der Waals surface area contributed by atoms with E-state index in [1.165, 1.54) is 0 Å². The van der Waals surface area contributed by atoms with E-state index in [0.717, 1.165) is 44.9 Å². The summed E-state index contributed by atoms with van der Waals surface area (Å²) >= 11 is 0.